The predicted octanol–water partition coefficient (Wildman–Crippen LogP) is 3.79. The average molecular weight is 538 g/mol. The molecular formula is C29H35N3O5S. The van der Waals surface area contributed by atoms with Gasteiger partial charge in [0.25, 0.3) is 10.0 Å². The number of ether oxygens (including phenoxy) is 1. The zero-order valence-electron chi connectivity index (χ0n) is 22.3. The van der Waals surface area contributed by atoms with Gasteiger partial charge in [0.05, 0.1) is 17.7 Å². The van der Waals surface area contributed by atoms with Gasteiger partial charge in [0, 0.05) is 13.6 Å². The number of methoxy groups -OCH3 is 1. The molecule has 0 aliphatic heterocycles. The van der Waals surface area contributed by atoms with Crippen LogP contribution in [0.25, 0.3) is 0 Å². The minimum atomic E-state index is -4.10. The molecule has 1 N–H and O–H groups in total. The van der Waals surface area contributed by atoms with Gasteiger partial charge in [0.15, 0.2) is 0 Å². The summed E-state index contributed by atoms with van der Waals surface area (Å²) in [7, 11) is -1.05. The number of carbonyl (C=O) groups is 2. The summed E-state index contributed by atoms with van der Waals surface area (Å²) in [4.78, 5) is 28.1. The quantitative estimate of drug-likeness (QED) is 0.379. The van der Waals surface area contributed by atoms with Crippen LogP contribution in [0, 0.1) is 6.92 Å². The first kappa shape index (κ1) is 28.7. The normalized spacial score (nSPS) is 11.9. The van der Waals surface area contributed by atoms with Gasteiger partial charge in [-0.05, 0) is 61.7 Å². The molecule has 0 aliphatic carbocycles. The second kappa shape index (κ2) is 13.1. The molecule has 1 unspecified atom stereocenters. The molecule has 202 valence electrons. The van der Waals surface area contributed by atoms with Gasteiger partial charge >= 0.3 is 0 Å². The molecule has 0 radical (unpaired) electrons. The van der Waals surface area contributed by atoms with Crippen LogP contribution in [0.15, 0.2) is 83.8 Å². The van der Waals surface area contributed by atoms with Gasteiger partial charge in [0.1, 0.15) is 18.3 Å². The van der Waals surface area contributed by atoms with Crippen molar-refractivity contribution < 1.29 is 22.7 Å². The molecule has 0 saturated heterocycles. The smallest absolute Gasteiger partial charge is 0.264 e. The van der Waals surface area contributed by atoms with Crippen molar-refractivity contribution in [1.82, 2.24) is 10.2 Å². The number of hydrogen-bond donors (Lipinski definition) is 1. The van der Waals surface area contributed by atoms with E-state index in [9.17, 15) is 18.0 Å². The maximum atomic E-state index is 13.8. The lowest BCUT2D eigenvalue weighted by atomic mass is 10.1. The van der Waals surface area contributed by atoms with Gasteiger partial charge in [-0.15, -0.1) is 0 Å². The van der Waals surface area contributed by atoms with E-state index in [0.29, 0.717) is 24.3 Å². The van der Waals surface area contributed by atoms with Crippen LogP contribution in [-0.2, 0) is 26.0 Å². The molecule has 9 heteroatoms. The van der Waals surface area contributed by atoms with Crippen LogP contribution in [0.4, 0.5) is 5.69 Å². The lowest BCUT2D eigenvalue weighted by molar-refractivity contribution is -0.139. The zero-order valence-corrected chi connectivity index (χ0v) is 23.1. The van der Waals surface area contributed by atoms with Crippen molar-refractivity contribution in [2.75, 3.05) is 31.6 Å². The molecule has 0 heterocycles. The van der Waals surface area contributed by atoms with E-state index in [1.54, 1.807) is 36.4 Å². The fraction of sp³-hybridized carbons (Fsp3) is 0.310. The van der Waals surface area contributed by atoms with Crippen molar-refractivity contribution in [3.05, 3.63) is 90.0 Å². The lowest BCUT2D eigenvalue weighted by Crippen LogP contribution is -2.52. The highest BCUT2D eigenvalue weighted by Crippen LogP contribution is 2.26. The molecule has 3 rings (SSSR count). The number of amides is 2. The first-order chi connectivity index (χ1) is 18.2. The second-order valence-corrected chi connectivity index (χ2v) is 10.7. The molecule has 8 nitrogen and oxygen atoms in total. The van der Waals surface area contributed by atoms with Crippen LogP contribution in [0.3, 0.4) is 0 Å². The van der Waals surface area contributed by atoms with Crippen LogP contribution >= 0.6 is 0 Å². The Bertz CT molecular complexity index is 1310. The molecule has 3 aromatic rings. The van der Waals surface area contributed by atoms with E-state index >= 15 is 0 Å². The van der Waals surface area contributed by atoms with Crippen molar-refractivity contribution in [2.45, 2.75) is 37.6 Å². The van der Waals surface area contributed by atoms with Gasteiger partial charge in [-0.2, -0.15) is 0 Å². The minimum Gasteiger partial charge on any atom is -0.497 e. The van der Waals surface area contributed by atoms with E-state index in [1.165, 1.54) is 31.2 Å². The Balaban J connectivity index is 2.00. The molecule has 0 saturated carbocycles. The zero-order chi connectivity index (χ0) is 27.7. The van der Waals surface area contributed by atoms with Gasteiger partial charge in [-0.1, -0.05) is 55.0 Å². The van der Waals surface area contributed by atoms with Crippen LogP contribution in [0.5, 0.6) is 5.75 Å². The average Bonchev–Trinajstić information content (AvgIpc) is 2.94. The maximum absolute atomic E-state index is 13.8. The Morgan fingerprint density at radius 1 is 0.947 bits per heavy atom. The van der Waals surface area contributed by atoms with E-state index in [2.05, 4.69) is 5.32 Å². The van der Waals surface area contributed by atoms with Gasteiger partial charge in [-0.3, -0.25) is 13.9 Å². The van der Waals surface area contributed by atoms with Crippen LogP contribution in [0.2, 0.25) is 0 Å². The van der Waals surface area contributed by atoms with Crippen molar-refractivity contribution in [3.8, 4) is 5.75 Å². The molecular weight excluding hydrogens is 502 g/mol. The minimum absolute atomic E-state index is 0.0703. The molecule has 0 aromatic heterocycles. The molecule has 0 spiro atoms. The largest absolute Gasteiger partial charge is 0.497 e. The number of rotatable bonds is 12. The van der Waals surface area contributed by atoms with Crippen molar-refractivity contribution in [3.63, 3.8) is 0 Å². The first-order valence-electron chi connectivity index (χ1n) is 12.5. The summed E-state index contributed by atoms with van der Waals surface area (Å²) in [5, 5.41) is 2.63. The predicted molar refractivity (Wildman–Crippen MR) is 149 cm³/mol. The number of aryl methyl sites for hydroxylation is 1. The maximum Gasteiger partial charge on any atom is 0.264 e. The summed E-state index contributed by atoms with van der Waals surface area (Å²) in [5.41, 5.74) is 2.24. The summed E-state index contributed by atoms with van der Waals surface area (Å²) < 4.78 is 33.9. The number of sulfonamides is 1. The van der Waals surface area contributed by atoms with Crippen LogP contribution in [0.1, 0.15) is 24.5 Å². The SMILES string of the molecule is CCC(C(=O)NC)N(CCc1ccccc1)C(=O)CN(c1ccc(OC)cc1)S(=O)(=O)c1ccc(C)cc1. The van der Waals surface area contributed by atoms with E-state index in [-0.39, 0.29) is 17.3 Å². The fourth-order valence-corrected chi connectivity index (χ4v) is 5.59. The second-order valence-electron chi connectivity index (χ2n) is 8.88. The number of anilines is 1. The van der Waals surface area contributed by atoms with Crippen molar-refractivity contribution in [2.24, 2.45) is 0 Å². The summed E-state index contributed by atoms with van der Waals surface area (Å²) in [6.45, 7) is 3.49. The summed E-state index contributed by atoms with van der Waals surface area (Å²) >= 11 is 0. The number of carbonyl (C=O) groups excluding carboxylic acids is 2. The summed E-state index contributed by atoms with van der Waals surface area (Å²) in [6, 6.07) is 21.9. The summed E-state index contributed by atoms with van der Waals surface area (Å²) in [5.74, 6) is -0.211. The molecule has 0 aliphatic rings. The highest BCUT2D eigenvalue weighted by atomic mass is 32.2. The highest BCUT2D eigenvalue weighted by Gasteiger charge is 2.33. The monoisotopic (exact) mass is 537 g/mol. The number of hydrogen-bond acceptors (Lipinski definition) is 5. The van der Waals surface area contributed by atoms with Crippen LogP contribution in [-0.4, -0.2) is 58.4 Å². The van der Waals surface area contributed by atoms with Gasteiger partial charge < -0.3 is 15.0 Å². The Hall–Kier alpha value is -3.85. The molecule has 38 heavy (non-hydrogen) atoms. The number of likely N-dealkylation sites (N-methyl/N-ethyl adjacent to an activating group) is 1. The van der Waals surface area contributed by atoms with Crippen molar-refractivity contribution >= 4 is 27.5 Å². The first-order valence-corrected chi connectivity index (χ1v) is 13.9. The third kappa shape index (κ3) is 6.92. The number of benzene rings is 3. The Labute approximate surface area is 225 Å². The Morgan fingerprint density at radius 2 is 1.58 bits per heavy atom. The standard InChI is InChI=1S/C29H35N3O5S/c1-5-27(29(34)30-3)31(20-19-23-9-7-6-8-10-23)28(33)21-32(24-13-15-25(37-4)16-14-24)38(35,36)26-17-11-22(2)12-18-26/h6-18,27H,5,19-21H2,1-4H3,(H,30,34). The van der Waals surface area contributed by atoms with Gasteiger partial charge in [-0.25, -0.2) is 8.42 Å². The lowest BCUT2D eigenvalue weighted by Gasteiger charge is -2.33. The third-order valence-corrected chi connectivity index (χ3v) is 8.15. The molecule has 0 fully saturated rings. The molecule has 3 aromatic carbocycles. The Morgan fingerprint density at radius 3 is 2.13 bits per heavy atom. The van der Waals surface area contributed by atoms with E-state index in [4.69, 9.17) is 4.74 Å². The fourth-order valence-electron chi connectivity index (χ4n) is 4.18. The highest BCUT2D eigenvalue weighted by molar-refractivity contribution is 7.92. The number of nitrogens with one attached hydrogen (secondary N) is 1. The third-order valence-electron chi connectivity index (χ3n) is 6.36. The van der Waals surface area contributed by atoms with Crippen LogP contribution < -0.4 is 14.4 Å². The number of nitrogens with zero attached hydrogens (tertiary/aromatic N) is 2. The molecule has 2 amide bonds. The van der Waals surface area contributed by atoms with E-state index in [1.807, 2.05) is 44.2 Å². The molecule has 1 atom stereocenters. The van der Waals surface area contributed by atoms with E-state index in [0.717, 1.165) is 15.4 Å². The van der Waals surface area contributed by atoms with E-state index < -0.39 is 28.5 Å². The summed E-state index contributed by atoms with van der Waals surface area (Å²) in [6.07, 6.45) is 0.904. The Kier molecular flexibility index (Phi) is 9.90. The van der Waals surface area contributed by atoms with Crippen molar-refractivity contribution in [1.29, 1.82) is 0 Å². The molecule has 0 bridgehead atoms. The topological polar surface area (TPSA) is 96.0 Å². The van der Waals surface area contributed by atoms with Gasteiger partial charge in [0.2, 0.25) is 11.8 Å².